The van der Waals surface area contributed by atoms with Gasteiger partial charge in [0.15, 0.2) is 11.5 Å². The molecule has 14 heteroatoms. The number of alkyl halides is 3. The molecule has 10 nitrogen and oxygen atoms in total. The van der Waals surface area contributed by atoms with Crippen LogP contribution in [0.5, 0.6) is 11.5 Å². The lowest BCUT2D eigenvalue weighted by molar-refractivity contribution is -0.137. The number of carboxylic acids is 2. The summed E-state index contributed by atoms with van der Waals surface area (Å²) in [5.74, 6) is -1.80. The van der Waals surface area contributed by atoms with E-state index in [2.05, 4.69) is 0 Å². The van der Waals surface area contributed by atoms with Crippen molar-refractivity contribution in [2.24, 2.45) is 0 Å². The molecule has 0 saturated heterocycles. The molecular formula is C19H20F3NO9P+. The van der Waals surface area contributed by atoms with Crippen molar-refractivity contribution in [3.05, 3.63) is 59.2 Å². The summed E-state index contributed by atoms with van der Waals surface area (Å²) in [5.41, 5.74) is 5.23. The summed E-state index contributed by atoms with van der Waals surface area (Å²) in [4.78, 5) is 35.2. The van der Waals surface area contributed by atoms with E-state index in [1.807, 2.05) is 0 Å². The van der Waals surface area contributed by atoms with Crippen LogP contribution in [0.15, 0.2) is 42.5 Å². The highest BCUT2D eigenvalue weighted by Gasteiger charge is 2.29. The fourth-order valence-corrected chi connectivity index (χ4v) is 2.11. The van der Waals surface area contributed by atoms with Gasteiger partial charge in [-0.25, -0.2) is 9.59 Å². The van der Waals surface area contributed by atoms with Gasteiger partial charge in [-0.3, -0.25) is 0 Å². The van der Waals surface area contributed by atoms with Gasteiger partial charge in [0, 0.05) is 10.6 Å². The van der Waals surface area contributed by atoms with Gasteiger partial charge in [0.25, 0.3) is 0 Å². The van der Waals surface area contributed by atoms with E-state index in [9.17, 15) is 22.8 Å². The van der Waals surface area contributed by atoms with Crippen LogP contribution in [0.3, 0.4) is 0 Å². The van der Waals surface area contributed by atoms with Crippen LogP contribution in [0, 0.1) is 0 Å². The first-order valence-electron chi connectivity index (χ1n) is 8.41. The SMILES string of the molecule is COc1ccc(N)c(C(=O)O)c1OC.O=C(O)C=Cc1ccc(C(F)(F)F)cc1.O=[P+](O)O. The summed E-state index contributed by atoms with van der Waals surface area (Å²) in [7, 11) is -0.0753. The van der Waals surface area contributed by atoms with E-state index in [-0.39, 0.29) is 17.0 Å². The number of nitrogen functional groups attached to an aromatic ring is 1. The van der Waals surface area contributed by atoms with E-state index in [1.165, 1.54) is 38.5 Å². The number of benzene rings is 2. The molecule has 2 aromatic rings. The first-order chi connectivity index (χ1) is 15.2. The molecule has 33 heavy (non-hydrogen) atoms. The Morgan fingerprint density at radius 1 is 1.00 bits per heavy atom. The van der Waals surface area contributed by atoms with Crippen molar-refractivity contribution in [1.29, 1.82) is 0 Å². The fraction of sp³-hybridized carbons (Fsp3) is 0.158. The molecule has 0 aliphatic heterocycles. The molecule has 2 aromatic carbocycles. The average Bonchev–Trinajstić information content (AvgIpc) is 2.71. The number of halogens is 3. The summed E-state index contributed by atoms with van der Waals surface area (Å²) in [5, 5.41) is 17.2. The molecule has 0 atom stereocenters. The zero-order chi connectivity index (χ0) is 25.8. The van der Waals surface area contributed by atoms with Crippen molar-refractivity contribution in [2.45, 2.75) is 6.18 Å². The third-order valence-electron chi connectivity index (χ3n) is 3.45. The number of aromatic carboxylic acids is 1. The molecule has 0 fully saturated rings. The van der Waals surface area contributed by atoms with E-state index in [4.69, 9.17) is 39.8 Å². The zero-order valence-electron chi connectivity index (χ0n) is 17.1. The van der Waals surface area contributed by atoms with E-state index in [0.717, 1.165) is 18.2 Å². The summed E-state index contributed by atoms with van der Waals surface area (Å²) in [6, 6.07) is 7.25. The number of rotatable bonds is 5. The zero-order valence-corrected chi connectivity index (χ0v) is 18.0. The molecule has 0 aromatic heterocycles. The number of carbonyl (C=O) groups is 2. The molecule has 0 saturated carbocycles. The van der Waals surface area contributed by atoms with Crippen LogP contribution < -0.4 is 15.2 Å². The van der Waals surface area contributed by atoms with Crippen LogP contribution in [0.4, 0.5) is 18.9 Å². The highest BCUT2D eigenvalue weighted by molar-refractivity contribution is 7.30. The number of methoxy groups -OCH3 is 2. The highest BCUT2D eigenvalue weighted by Crippen LogP contribution is 2.34. The lowest BCUT2D eigenvalue weighted by Crippen LogP contribution is -2.06. The fourth-order valence-electron chi connectivity index (χ4n) is 2.11. The normalized spacial score (nSPS) is 10.3. The van der Waals surface area contributed by atoms with E-state index in [0.29, 0.717) is 11.3 Å². The van der Waals surface area contributed by atoms with Gasteiger partial charge in [-0.1, -0.05) is 12.1 Å². The number of nitrogens with two attached hydrogens (primary N) is 1. The van der Waals surface area contributed by atoms with Gasteiger partial charge >= 0.3 is 26.4 Å². The average molecular weight is 494 g/mol. The first kappa shape index (κ1) is 29.3. The Bertz CT molecular complexity index is 989. The van der Waals surface area contributed by atoms with Crippen LogP contribution in [0.1, 0.15) is 21.5 Å². The number of anilines is 1. The third-order valence-corrected chi connectivity index (χ3v) is 3.45. The molecule has 0 amide bonds. The van der Waals surface area contributed by atoms with Crippen LogP contribution in [-0.2, 0) is 15.5 Å². The van der Waals surface area contributed by atoms with Crippen LogP contribution in [-0.4, -0.2) is 46.2 Å². The van der Waals surface area contributed by atoms with Gasteiger partial charge in [-0.2, -0.15) is 13.2 Å². The molecule has 6 N–H and O–H groups in total. The monoisotopic (exact) mass is 494 g/mol. The summed E-state index contributed by atoms with van der Waals surface area (Å²) >= 11 is 0. The summed E-state index contributed by atoms with van der Waals surface area (Å²) in [6.45, 7) is 0. The lowest BCUT2D eigenvalue weighted by Gasteiger charge is -2.11. The van der Waals surface area contributed by atoms with Crippen LogP contribution >= 0.6 is 8.25 Å². The molecule has 0 aliphatic rings. The highest BCUT2D eigenvalue weighted by atomic mass is 31.1. The van der Waals surface area contributed by atoms with Gasteiger partial charge in [0.1, 0.15) is 5.56 Å². The molecule has 0 unspecified atom stereocenters. The molecule has 2 rings (SSSR count). The number of carboxylic acid groups (broad SMARTS) is 2. The van der Waals surface area contributed by atoms with Gasteiger partial charge in [-0.05, 0) is 35.9 Å². The van der Waals surface area contributed by atoms with Crippen molar-refractivity contribution in [3.8, 4) is 11.5 Å². The molecule has 0 heterocycles. The number of hydrogen-bond donors (Lipinski definition) is 5. The smallest absolute Gasteiger partial charge is 0.493 e. The van der Waals surface area contributed by atoms with Gasteiger partial charge in [0.2, 0.25) is 0 Å². The molecule has 180 valence electrons. The van der Waals surface area contributed by atoms with E-state index < -0.39 is 31.9 Å². The molecule has 0 spiro atoms. The lowest BCUT2D eigenvalue weighted by atomic mass is 10.1. The van der Waals surface area contributed by atoms with Crippen LogP contribution in [0.25, 0.3) is 6.08 Å². The molecule has 0 radical (unpaired) electrons. The first-order valence-corrected chi connectivity index (χ1v) is 9.58. The van der Waals surface area contributed by atoms with Crippen molar-refractivity contribution < 1.29 is 56.8 Å². The standard InChI is InChI=1S/C10H7F3O2.C9H11NO4.HO3P/c11-10(12,13)8-4-1-7(2-5-8)3-6-9(14)15;1-13-6-4-3-5(10)7(9(11)12)8(6)14-2;1-4(2)3/h1-6H,(H,14,15);3-4H,10H2,1-2H3,(H,11,12);(H-,1,2,3)/p+1. The Balaban J connectivity index is 0.000000536. The number of hydrogen-bond acceptors (Lipinski definition) is 6. The predicted octanol–water partition coefficient (Wildman–Crippen LogP) is 3.42. The van der Waals surface area contributed by atoms with Crippen molar-refractivity contribution in [2.75, 3.05) is 20.0 Å². The molecule has 0 bridgehead atoms. The van der Waals surface area contributed by atoms with Gasteiger partial charge in [0.05, 0.1) is 25.5 Å². The Labute approximate surface area is 186 Å². The van der Waals surface area contributed by atoms with Crippen molar-refractivity contribution in [3.63, 3.8) is 0 Å². The quantitative estimate of drug-likeness (QED) is 0.235. The van der Waals surface area contributed by atoms with Crippen molar-refractivity contribution >= 4 is 32.0 Å². The minimum absolute atomic E-state index is 0.0770. The largest absolute Gasteiger partial charge is 0.692 e. The number of aliphatic carboxylic acids is 1. The third kappa shape index (κ3) is 11.0. The summed E-state index contributed by atoms with van der Waals surface area (Å²) < 4.78 is 54.9. The van der Waals surface area contributed by atoms with E-state index in [1.54, 1.807) is 6.07 Å². The molecule has 0 aliphatic carbocycles. The maximum atomic E-state index is 12.1. The number of ether oxygens (including phenoxy) is 2. The molecular weight excluding hydrogens is 474 g/mol. The second-order valence-electron chi connectivity index (χ2n) is 5.61. The minimum Gasteiger partial charge on any atom is -0.493 e. The Morgan fingerprint density at radius 3 is 1.88 bits per heavy atom. The second kappa shape index (κ2) is 13.7. The maximum absolute atomic E-state index is 12.1. The van der Waals surface area contributed by atoms with Gasteiger partial charge < -0.3 is 25.4 Å². The minimum atomic E-state index is -4.37. The summed E-state index contributed by atoms with van der Waals surface area (Å²) in [6.07, 6.45) is -2.28. The Kier molecular flexibility index (Phi) is 12.2. The van der Waals surface area contributed by atoms with Crippen LogP contribution in [0.2, 0.25) is 0 Å². The van der Waals surface area contributed by atoms with E-state index >= 15 is 0 Å². The Morgan fingerprint density at radius 2 is 1.52 bits per heavy atom. The topological polar surface area (TPSA) is 177 Å². The Hall–Kier alpha value is -3.67. The maximum Gasteiger partial charge on any atom is 0.692 e. The van der Waals surface area contributed by atoms with Crippen molar-refractivity contribution in [1.82, 2.24) is 0 Å². The predicted molar refractivity (Wildman–Crippen MR) is 111 cm³/mol. The second-order valence-corrected chi connectivity index (χ2v) is 6.12. The van der Waals surface area contributed by atoms with Gasteiger partial charge in [-0.15, -0.1) is 9.79 Å².